The second-order valence-corrected chi connectivity index (χ2v) is 6.12. The number of piperidine rings is 1. The van der Waals surface area contributed by atoms with Crippen molar-refractivity contribution in [3.63, 3.8) is 0 Å². The normalized spacial score (nSPS) is 21.8. The Morgan fingerprint density at radius 1 is 1.28 bits per heavy atom. The number of benzene rings is 1. The van der Waals surface area contributed by atoms with Crippen LogP contribution in [0.4, 0.5) is 0 Å². The lowest BCUT2D eigenvalue weighted by molar-refractivity contribution is 0.336. The van der Waals surface area contributed by atoms with Gasteiger partial charge in [-0.1, -0.05) is 37.1 Å². The largest absolute Gasteiger partial charge is 0.314 e. The van der Waals surface area contributed by atoms with Crippen LogP contribution in [0.15, 0.2) is 18.2 Å². The third-order valence-electron chi connectivity index (χ3n) is 4.17. The lowest BCUT2D eigenvalue weighted by Crippen LogP contribution is -2.35. The van der Waals surface area contributed by atoms with E-state index in [2.05, 4.69) is 44.3 Å². The van der Waals surface area contributed by atoms with Crippen LogP contribution >= 0.6 is 0 Å². The molecule has 18 heavy (non-hydrogen) atoms. The Bertz CT molecular complexity index is 377. The van der Waals surface area contributed by atoms with Crippen molar-refractivity contribution in [1.82, 2.24) is 5.32 Å². The van der Waals surface area contributed by atoms with Gasteiger partial charge in [-0.2, -0.15) is 0 Å². The molecule has 0 spiro atoms. The first-order valence-corrected chi connectivity index (χ1v) is 7.44. The Kier molecular flexibility index (Phi) is 4.82. The fourth-order valence-electron chi connectivity index (χ4n) is 3.09. The summed E-state index contributed by atoms with van der Waals surface area (Å²) in [6, 6.07) is 7.60. The van der Waals surface area contributed by atoms with E-state index in [0.717, 1.165) is 12.0 Å². The van der Waals surface area contributed by atoms with Crippen molar-refractivity contribution in [2.24, 2.45) is 5.92 Å². The molecule has 0 amide bonds. The zero-order chi connectivity index (χ0) is 13.0. The molecule has 1 heterocycles. The van der Waals surface area contributed by atoms with Crippen LogP contribution in [-0.2, 0) is 6.42 Å². The predicted molar refractivity (Wildman–Crippen MR) is 79.0 cm³/mol. The molecule has 1 nitrogen and oxygen atoms in total. The summed E-state index contributed by atoms with van der Waals surface area (Å²) >= 11 is 0. The average molecular weight is 245 g/mol. The molecular weight excluding hydrogens is 218 g/mol. The van der Waals surface area contributed by atoms with Gasteiger partial charge in [-0.25, -0.2) is 0 Å². The Hall–Kier alpha value is -0.820. The van der Waals surface area contributed by atoms with E-state index in [4.69, 9.17) is 0 Å². The standard InChI is InChI=1S/C17H27N/c1-13-7-8-15(3)16(10-13)11-14(2)12-17-6-4-5-9-18-17/h7-8,10,14,17-18H,4-6,9,11-12H2,1-3H3. The maximum Gasteiger partial charge on any atom is 0.00697 e. The van der Waals surface area contributed by atoms with Gasteiger partial charge in [0.15, 0.2) is 0 Å². The minimum Gasteiger partial charge on any atom is -0.314 e. The molecule has 1 N–H and O–H groups in total. The molecule has 100 valence electrons. The Balaban J connectivity index is 1.89. The summed E-state index contributed by atoms with van der Waals surface area (Å²) in [4.78, 5) is 0. The zero-order valence-electron chi connectivity index (χ0n) is 12.1. The Morgan fingerprint density at radius 2 is 2.11 bits per heavy atom. The maximum absolute atomic E-state index is 3.66. The van der Waals surface area contributed by atoms with E-state index in [9.17, 15) is 0 Å². The zero-order valence-corrected chi connectivity index (χ0v) is 12.1. The van der Waals surface area contributed by atoms with Crippen LogP contribution in [0.3, 0.4) is 0 Å². The summed E-state index contributed by atoms with van der Waals surface area (Å²) in [6.07, 6.45) is 6.70. The molecule has 1 aromatic rings. The van der Waals surface area contributed by atoms with Crippen molar-refractivity contribution < 1.29 is 0 Å². The Labute approximate surface area is 112 Å². The van der Waals surface area contributed by atoms with Crippen molar-refractivity contribution in [2.75, 3.05) is 6.54 Å². The highest BCUT2D eigenvalue weighted by Crippen LogP contribution is 2.21. The van der Waals surface area contributed by atoms with E-state index < -0.39 is 0 Å². The van der Waals surface area contributed by atoms with E-state index in [1.165, 1.54) is 49.8 Å². The van der Waals surface area contributed by atoms with Gasteiger partial charge in [0.05, 0.1) is 0 Å². The van der Waals surface area contributed by atoms with Gasteiger partial charge in [0.1, 0.15) is 0 Å². The third-order valence-corrected chi connectivity index (χ3v) is 4.17. The molecule has 2 unspecified atom stereocenters. The van der Waals surface area contributed by atoms with Crippen molar-refractivity contribution >= 4 is 0 Å². The van der Waals surface area contributed by atoms with Gasteiger partial charge < -0.3 is 5.32 Å². The van der Waals surface area contributed by atoms with E-state index in [-0.39, 0.29) is 0 Å². The highest BCUT2D eigenvalue weighted by atomic mass is 14.9. The van der Waals surface area contributed by atoms with Crippen molar-refractivity contribution in [3.8, 4) is 0 Å². The SMILES string of the molecule is Cc1ccc(C)c(CC(C)CC2CCCCN2)c1. The number of nitrogens with one attached hydrogen (secondary N) is 1. The molecule has 2 rings (SSSR count). The molecule has 0 aromatic heterocycles. The monoisotopic (exact) mass is 245 g/mol. The molecular formula is C17H27N. The van der Waals surface area contributed by atoms with Gasteiger partial charge in [0, 0.05) is 6.04 Å². The quantitative estimate of drug-likeness (QED) is 0.845. The summed E-state index contributed by atoms with van der Waals surface area (Å²) in [5.74, 6) is 0.779. The Morgan fingerprint density at radius 3 is 2.83 bits per heavy atom. The maximum atomic E-state index is 3.66. The number of hydrogen-bond donors (Lipinski definition) is 1. The molecule has 1 aromatic carbocycles. The van der Waals surface area contributed by atoms with Crippen molar-refractivity contribution in [3.05, 3.63) is 34.9 Å². The fourth-order valence-corrected chi connectivity index (χ4v) is 3.09. The van der Waals surface area contributed by atoms with Gasteiger partial charge in [0.25, 0.3) is 0 Å². The van der Waals surface area contributed by atoms with E-state index in [1.807, 2.05) is 0 Å². The first-order chi connectivity index (χ1) is 8.65. The minimum atomic E-state index is 0.763. The van der Waals surface area contributed by atoms with E-state index in [0.29, 0.717) is 0 Å². The molecule has 0 saturated carbocycles. The van der Waals surface area contributed by atoms with Crippen LogP contribution < -0.4 is 5.32 Å². The topological polar surface area (TPSA) is 12.0 Å². The predicted octanol–water partition coefficient (Wildman–Crippen LogP) is 4.01. The van der Waals surface area contributed by atoms with Crippen LogP contribution in [0, 0.1) is 19.8 Å². The molecule has 1 heteroatoms. The van der Waals surface area contributed by atoms with Crippen LogP contribution in [-0.4, -0.2) is 12.6 Å². The first kappa shape index (κ1) is 13.6. The molecule has 1 aliphatic rings. The molecule has 0 bridgehead atoms. The van der Waals surface area contributed by atoms with Crippen molar-refractivity contribution in [1.29, 1.82) is 0 Å². The molecule has 1 aliphatic heterocycles. The third kappa shape index (κ3) is 3.84. The summed E-state index contributed by atoms with van der Waals surface area (Å²) in [5, 5.41) is 3.66. The second-order valence-electron chi connectivity index (χ2n) is 6.12. The molecule has 0 aliphatic carbocycles. The average Bonchev–Trinajstić information content (AvgIpc) is 2.35. The number of hydrogen-bond acceptors (Lipinski definition) is 1. The summed E-state index contributed by atoms with van der Waals surface area (Å²) in [5.41, 5.74) is 4.38. The van der Waals surface area contributed by atoms with E-state index in [1.54, 1.807) is 5.56 Å². The fraction of sp³-hybridized carbons (Fsp3) is 0.647. The van der Waals surface area contributed by atoms with E-state index >= 15 is 0 Å². The van der Waals surface area contributed by atoms with Crippen LogP contribution in [0.1, 0.15) is 49.3 Å². The molecule has 1 saturated heterocycles. The lowest BCUT2D eigenvalue weighted by atomic mass is 9.89. The van der Waals surface area contributed by atoms with Crippen LogP contribution in [0.2, 0.25) is 0 Å². The summed E-state index contributed by atoms with van der Waals surface area (Å²) < 4.78 is 0. The van der Waals surface area contributed by atoms with Gasteiger partial charge >= 0.3 is 0 Å². The summed E-state index contributed by atoms with van der Waals surface area (Å²) in [7, 11) is 0. The second kappa shape index (κ2) is 6.38. The molecule has 2 atom stereocenters. The lowest BCUT2D eigenvalue weighted by Gasteiger charge is -2.26. The molecule has 0 radical (unpaired) electrons. The van der Waals surface area contributed by atoms with Gasteiger partial charge in [-0.05, 0) is 63.1 Å². The van der Waals surface area contributed by atoms with Gasteiger partial charge in [-0.3, -0.25) is 0 Å². The summed E-state index contributed by atoms with van der Waals surface area (Å²) in [6.45, 7) is 8.05. The van der Waals surface area contributed by atoms with Gasteiger partial charge in [0.2, 0.25) is 0 Å². The molecule has 1 fully saturated rings. The van der Waals surface area contributed by atoms with Crippen LogP contribution in [0.5, 0.6) is 0 Å². The first-order valence-electron chi connectivity index (χ1n) is 7.44. The number of rotatable bonds is 4. The van der Waals surface area contributed by atoms with Gasteiger partial charge in [-0.15, -0.1) is 0 Å². The highest BCUT2D eigenvalue weighted by molar-refractivity contribution is 5.30. The number of aryl methyl sites for hydroxylation is 2. The smallest absolute Gasteiger partial charge is 0.00697 e. The van der Waals surface area contributed by atoms with Crippen molar-refractivity contribution in [2.45, 2.75) is 58.9 Å². The minimum absolute atomic E-state index is 0.763. The highest BCUT2D eigenvalue weighted by Gasteiger charge is 2.16. The van der Waals surface area contributed by atoms with Crippen LogP contribution in [0.25, 0.3) is 0 Å².